The highest BCUT2D eigenvalue weighted by molar-refractivity contribution is 7.93. The molecule has 0 atom stereocenters. The fraction of sp³-hybridized carbons (Fsp3) is 0.0909. The van der Waals surface area contributed by atoms with Gasteiger partial charge in [0.15, 0.2) is 0 Å². The highest BCUT2D eigenvalue weighted by Gasteiger charge is 2.32. The summed E-state index contributed by atoms with van der Waals surface area (Å²) in [4.78, 5) is 25.2. The van der Waals surface area contributed by atoms with Gasteiger partial charge in [-0.05, 0) is 49.7 Å². The van der Waals surface area contributed by atoms with Crippen LogP contribution in [0, 0.1) is 13.8 Å². The summed E-state index contributed by atoms with van der Waals surface area (Å²) in [6.45, 7) is 3.64. The fourth-order valence-corrected chi connectivity index (χ4v) is 4.13. The van der Waals surface area contributed by atoms with Crippen LogP contribution in [0.5, 0.6) is 0 Å². The van der Waals surface area contributed by atoms with Gasteiger partial charge in [-0.1, -0.05) is 54.1 Å². The lowest BCUT2D eigenvalue weighted by molar-refractivity contribution is 0.238. The Balaban J connectivity index is 1.92. The van der Waals surface area contributed by atoms with Crippen LogP contribution < -0.4 is 14.9 Å². The highest BCUT2D eigenvalue weighted by atomic mass is 32.2. The molecule has 0 saturated carbocycles. The Hall–Kier alpha value is -3.65. The standard InChI is InChI=1S/C22H21N3O4S/c1-16-12-14-18(15-13-16)25(30(28,29)19-9-4-3-5-10-19)22(27)24-21(26)23-20-11-7-6-8-17(20)2/h3-15H,1-2H3,(H2,23,24,26,27). The van der Waals surface area contributed by atoms with Crippen molar-refractivity contribution in [3.05, 3.63) is 90.0 Å². The van der Waals surface area contributed by atoms with Gasteiger partial charge in [-0.2, -0.15) is 4.31 Å². The van der Waals surface area contributed by atoms with Gasteiger partial charge < -0.3 is 5.32 Å². The highest BCUT2D eigenvalue weighted by Crippen LogP contribution is 2.24. The summed E-state index contributed by atoms with van der Waals surface area (Å²) < 4.78 is 27.0. The zero-order chi connectivity index (χ0) is 21.7. The first kappa shape index (κ1) is 21.1. The second-order valence-electron chi connectivity index (χ2n) is 6.62. The lowest BCUT2D eigenvalue weighted by Gasteiger charge is -2.23. The number of carbonyl (C=O) groups excluding carboxylic acids is 2. The molecule has 3 aromatic carbocycles. The van der Waals surface area contributed by atoms with Crippen molar-refractivity contribution < 1.29 is 18.0 Å². The number of para-hydroxylation sites is 1. The minimum atomic E-state index is -4.25. The van der Waals surface area contributed by atoms with E-state index in [0.29, 0.717) is 9.99 Å². The number of carbonyl (C=O) groups is 2. The second-order valence-corrected chi connectivity index (χ2v) is 8.40. The maximum absolute atomic E-state index is 13.2. The number of benzene rings is 3. The smallest absolute Gasteiger partial charge is 0.307 e. The molecular weight excluding hydrogens is 402 g/mol. The third kappa shape index (κ3) is 4.66. The van der Waals surface area contributed by atoms with Crippen molar-refractivity contribution in [3.63, 3.8) is 0 Å². The molecule has 0 aliphatic heterocycles. The van der Waals surface area contributed by atoms with E-state index in [-0.39, 0.29) is 10.6 Å². The molecule has 0 fully saturated rings. The van der Waals surface area contributed by atoms with Crippen LogP contribution in [-0.4, -0.2) is 20.5 Å². The van der Waals surface area contributed by atoms with E-state index in [1.54, 1.807) is 55.5 Å². The van der Waals surface area contributed by atoms with Crippen molar-refractivity contribution in [1.29, 1.82) is 0 Å². The Morgan fingerprint density at radius 3 is 2.03 bits per heavy atom. The summed E-state index contributed by atoms with van der Waals surface area (Å²) in [7, 11) is -4.25. The number of anilines is 2. The minimum Gasteiger partial charge on any atom is -0.307 e. The monoisotopic (exact) mass is 423 g/mol. The number of sulfonamides is 1. The first-order valence-electron chi connectivity index (χ1n) is 9.13. The van der Waals surface area contributed by atoms with E-state index < -0.39 is 22.1 Å². The molecule has 3 rings (SSSR count). The van der Waals surface area contributed by atoms with Gasteiger partial charge in [0.2, 0.25) is 0 Å². The maximum atomic E-state index is 13.2. The molecule has 0 bridgehead atoms. The van der Waals surface area contributed by atoms with Crippen LogP contribution in [0.15, 0.2) is 83.8 Å². The number of hydrogen-bond donors (Lipinski definition) is 2. The zero-order valence-electron chi connectivity index (χ0n) is 16.5. The van der Waals surface area contributed by atoms with E-state index in [4.69, 9.17) is 0 Å². The number of nitrogens with zero attached hydrogens (tertiary/aromatic N) is 1. The number of aryl methyl sites for hydroxylation is 2. The summed E-state index contributed by atoms with van der Waals surface area (Å²) in [5.74, 6) is 0. The second kappa shape index (κ2) is 8.79. The molecule has 0 saturated heterocycles. The largest absolute Gasteiger partial charge is 0.344 e. The van der Waals surface area contributed by atoms with Crippen molar-refractivity contribution in [2.24, 2.45) is 0 Å². The van der Waals surface area contributed by atoms with Crippen molar-refractivity contribution in [2.45, 2.75) is 18.7 Å². The van der Waals surface area contributed by atoms with E-state index in [1.165, 1.54) is 24.3 Å². The van der Waals surface area contributed by atoms with E-state index >= 15 is 0 Å². The van der Waals surface area contributed by atoms with Crippen LogP contribution in [0.4, 0.5) is 21.0 Å². The molecule has 8 heteroatoms. The Kier molecular flexibility index (Phi) is 6.17. The normalized spacial score (nSPS) is 10.9. The SMILES string of the molecule is Cc1ccc(N(C(=O)NC(=O)Nc2ccccc2C)S(=O)(=O)c2ccccc2)cc1. The van der Waals surface area contributed by atoms with Crippen molar-refractivity contribution in [2.75, 3.05) is 9.62 Å². The van der Waals surface area contributed by atoms with Crippen molar-refractivity contribution in [1.82, 2.24) is 5.32 Å². The quantitative estimate of drug-likeness (QED) is 0.648. The summed E-state index contributed by atoms with van der Waals surface area (Å²) in [5.41, 5.74) is 2.32. The third-order valence-corrected chi connectivity index (χ3v) is 6.07. The summed E-state index contributed by atoms with van der Waals surface area (Å²) >= 11 is 0. The Labute approximate surface area is 175 Å². The third-order valence-electron chi connectivity index (χ3n) is 4.35. The molecule has 4 amide bonds. The zero-order valence-corrected chi connectivity index (χ0v) is 17.3. The predicted molar refractivity (Wildman–Crippen MR) is 116 cm³/mol. The molecule has 30 heavy (non-hydrogen) atoms. The average Bonchev–Trinajstić information content (AvgIpc) is 2.72. The van der Waals surface area contributed by atoms with Crippen LogP contribution >= 0.6 is 0 Å². The molecule has 0 aliphatic rings. The Bertz CT molecular complexity index is 1160. The number of rotatable bonds is 4. The molecule has 0 heterocycles. The van der Waals surface area contributed by atoms with Gasteiger partial charge in [0.25, 0.3) is 10.0 Å². The van der Waals surface area contributed by atoms with Gasteiger partial charge in [-0.3, -0.25) is 5.32 Å². The lowest BCUT2D eigenvalue weighted by atomic mass is 10.2. The molecule has 7 nitrogen and oxygen atoms in total. The first-order chi connectivity index (χ1) is 14.3. The van der Waals surface area contributed by atoms with Gasteiger partial charge in [-0.15, -0.1) is 0 Å². The van der Waals surface area contributed by atoms with Gasteiger partial charge in [0, 0.05) is 5.69 Å². The molecule has 0 unspecified atom stereocenters. The van der Waals surface area contributed by atoms with Crippen LogP contribution in [0.2, 0.25) is 0 Å². The Morgan fingerprint density at radius 1 is 0.800 bits per heavy atom. The van der Waals surface area contributed by atoms with Crippen LogP contribution in [0.1, 0.15) is 11.1 Å². The van der Waals surface area contributed by atoms with Crippen molar-refractivity contribution >= 4 is 33.5 Å². The topological polar surface area (TPSA) is 95.6 Å². The van der Waals surface area contributed by atoms with Gasteiger partial charge in [-0.25, -0.2) is 18.0 Å². The van der Waals surface area contributed by atoms with Gasteiger partial charge in [0.05, 0.1) is 10.6 Å². The molecule has 0 radical (unpaired) electrons. The Morgan fingerprint density at radius 2 is 1.40 bits per heavy atom. The fourth-order valence-electron chi connectivity index (χ4n) is 2.76. The van der Waals surface area contributed by atoms with Gasteiger partial charge in [0.1, 0.15) is 0 Å². The van der Waals surface area contributed by atoms with Crippen LogP contribution in [-0.2, 0) is 10.0 Å². The van der Waals surface area contributed by atoms with E-state index in [0.717, 1.165) is 11.1 Å². The number of hydrogen-bond acceptors (Lipinski definition) is 4. The average molecular weight is 423 g/mol. The number of nitrogens with one attached hydrogen (secondary N) is 2. The first-order valence-corrected chi connectivity index (χ1v) is 10.6. The summed E-state index contributed by atoms with van der Waals surface area (Å²) in [6.07, 6.45) is 0. The number of urea groups is 2. The van der Waals surface area contributed by atoms with E-state index in [1.807, 2.05) is 13.0 Å². The van der Waals surface area contributed by atoms with E-state index in [9.17, 15) is 18.0 Å². The summed E-state index contributed by atoms with van der Waals surface area (Å²) in [5, 5.41) is 4.66. The van der Waals surface area contributed by atoms with Crippen molar-refractivity contribution in [3.8, 4) is 0 Å². The minimum absolute atomic E-state index is 0.0694. The molecule has 0 aliphatic carbocycles. The van der Waals surface area contributed by atoms with Gasteiger partial charge >= 0.3 is 12.1 Å². The lowest BCUT2D eigenvalue weighted by Crippen LogP contribution is -2.47. The molecule has 2 N–H and O–H groups in total. The molecule has 0 spiro atoms. The molecular formula is C22H21N3O4S. The summed E-state index contributed by atoms with van der Waals surface area (Å²) in [6, 6.07) is 19.1. The molecule has 3 aromatic rings. The molecule has 154 valence electrons. The maximum Gasteiger partial charge on any atom is 0.344 e. The number of imide groups is 1. The van der Waals surface area contributed by atoms with Crippen LogP contribution in [0.25, 0.3) is 0 Å². The van der Waals surface area contributed by atoms with E-state index in [2.05, 4.69) is 10.6 Å². The molecule has 0 aromatic heterocycles. The predicted octanol–water partition coefficient (Wildman–Crippen LogP) is 4.44. The number of amides is 4. The van der Waals surface area contributed by atoms with Crippen LogP contribution in [0.3, 0.4) is 0 Å².